The third kappa shape index (κ3) is 3.04. The van der Waals surface area contributed by atoms with Crippen molar-refractivity contribution in [3.05, 3.63) is 34.3 Å². The Morgan fingerprint density at radius 3 is 2.62 bits per heavy atom. The Kier molecular flexibility index (Phi) is 4.93. The number of halogens is 1. The second-order valence-electron chi connectivity index (χ2n) is 3.75. The van der Waals surface area contributed by atoms with Crippen molar-refractivity contribution in [2.45, 2.75) is 20.0 Å². The lowest BCUT2D eigenvalue weighted by molar-refractivity contribution is 0.0908. The summed E-state index contributed by atoms with van der Waals surface area (Å²) in [6.07, 6.45) is 0.427. The summed E-state index contributed by atoms with van der Waals surface area (Å²) < 4.78 is 0. The van der Waals surface area contributed by atoms with Crippen LogP contribution in [0.1, 0.15) is 29.3 Å². The molecule has 0 spiro atoms. The highest BCUT2D eigenvalue weighted by molar-refractivity contribution is 6.34. The fourth-order valence-electron chi connectivity index (χ4n) is 1.45. The van der Waals surface area contributed by atoms with Crippen molar-refractivity contribution in [1.29, 1.82) is 0 Å². The summed E-state index contributed by atoms with van der Waals surface area (Å²) in [4.78, 5) is 11.9. The summed E-state index contributed by atoms with van der Waals surface area (Å²) in [5.74, 6) is -0.328. The predicted molar refractivity (Wildman–Crippen MR) is 62.6 cm³/mol. The molecule has 0 heterocycles. The molecule has 0 saturated carbocycles. The van der Waals surface area contributed by atoms with Crippen LogP contribution in [0.3, 0.4) is 0 Å². The van der Waals surface area contributed by atoms with Crippen molar-refractivity contribution >= 4 is 17.4 Å². The van der Waals surface area contributed by atoms with E-state index < -0.39 is 0 Å². The number of aliphatic hydroxyl groups excluding tert-OH is 2. The molecule has 1 aromatic rings. The molecule has 0 fully saturated rings. The van der Waals surface area contributed by atoms with Crippen LogP contribution in [0, 0.1) is 5.92 Å². The Morgan fingerprint density at radius 2 is 2.12 bits per heavy atom. The summed E-state index contributed by atoms with van der Waals surface area (Å²) in [7, 11) is 0. The number of carbonyl (C=O) groups is 1. The molecule has 1 unspecified atom stereocenters. The van der Waals surface area contributed by atoms with Gasteiger partial charge in [0, 0.05) is 18.1 Å². The first-order chi connectivity index (χ1) is 7.60. The zero-order valence-electron chi connectivity index (χ0n) is 9.11. The Bertz CT molecular complexity index is 377. The maximum Gasteiger partial charge on any atom is 0.167 e. The van der Waals surface area contributed by atoms with Crippen molar-refractivity contribution in [1.82, 2.24) is 0 Å². The van der Waals surface area contributed by atoms with E-state index in [9.17, 15) is 4.79 Å². The molecule has 0 aliphatic carbocycles. The monoisotopic (exact) mass is 242 g/mol. The van der Waals surface area contributed by atoms with Crippen molar-refractivity contribution in [3.63, 3.8) is 0 Å². The van der Waals surface area contributed by atoms with Crippen LogP contribution in [0.15, 0.2) is 18.2 Å². The van der Waals surface area contributed by atoms with E-state index in [0.717, 1.165) is 0 Å². The molecule has 0 aromatic heterocycles. The third-order valence-electron chi connectivity index (χ3n) is 2.49. The lowest BCUT2D eigenvalue weighted by Gasteiger charge is -2.10. The second kappa shape index (κ2) is 5.99. The predicted octanol–water partition coefficient (Wildman–Crippen LogP) is 2.03. The average Bonchev–Trinajstić information content (AvgIpc) is 2.28. The Balaban J connectivity index is 2.91. The van der Waals surface area contributed by atoms with Gasteiger partial charge in [0.15, 0.2) is 5.78 Å². The summed E-state index contributed by atoms with van der Waals surface area (Å²) >= 11 is 5.95. The fourth-order valence-corrected chi connectivity index (χ4v) is 1.74. The molecule has 88 valence electrons. The van der Waals surface area contributed by atoms with Crippen LogP contribution in [0.4, 0.5) is 0 Å². The Morgan fingerprint density at radius 1 is 1.44 bits per heavy atom. The summed E-state index contributed by atoms with van der Waals surface area (Å²) in [5.41, 5.74) is 1.12. The molecule has 3 nitrogen and oxygen atoms in total. The molecule has 0 aliphatic heterocycles. The van der Waals surface area contributed by atoms with Gasteiger partial charge in [0.05, 0.1) is 11.6 Å². The van der Waals surface area contributed by atoms with Crippen molar-refractivity contribution in [3.8, 4) is 0 Å². The zero-order chi connectivity index (χ0) is 12.1. The first-order valence-corrected chi connectivity index (χ1v) is 5.52. The molecule has 16 heavy (non-hydrogen) atoms. The van der Waals surface area contributed by atoms with E-state index in [0.29, 0.717) is 22.6 Å². The average molecular weight is 243 g/mol. The first-order valence-electron chi connectivity index (χ1n) is 5.14. The molecule has 4 heteroatoms. The minimum Gasteiger partial charge on any atom is -0.396 e. The van der Waals surface area contributed by atoms with Gasteiger partial charge in [0.2, 0.25) is 0 Å². The zero-order valence-corrected chi connectivity index (χ0v) is 9.87. The largest absolute Gasteiger partial charge is 0.396 e. The molecule has 2 N–H and O–H groups in total. The Labute approximate surface area is 99.7 Å². The van der Waals surface area contributed by atoms with Crippen LogP contribution in [0.5, 0.6) is 0 Å². The SMILES string of the molecule is CC(CCO)C(=O)c1ccc(CO)cc1Cl. The fraction of sp³-hybridized carbons (Fsp3) is 0.417. The quantitative estimate of drug-likeness (QED) is 0.777. The van der Waals surface area contributed by atoms with Gasteiger partial charge in [0.25, 0.3) is 0 Å². The molecular formula is C12H15ClO3. The highest BCUT2D eigenvalue weighted by Crippen LogP contribution is 2.22. The maximum atomic E-state index is 11.9. The standard InChI is InChI=1S/C12H15ClO3/c1-8(4-5-14)12(16)10-3-2-9(7-15)6-11(10)13/h2-3,6,8,14-15H,4-5,7H2,1H3. The van der Waals surface area contributed by atoms with Crippen molar-refractivity contribution in [2.75, 3.05) is 6.61 Å². The van der Waals surface area contributed by atoms with E-state index in [4.69, 9.17) is 21.8 Å². The van der Waals surface area contributed by atoms with Crippen molar-refractivity contribution < 1.29 is 15.0 Å². The van der Waals surface area contributed by atoms with Crippen LogP contribution in [0.25, 0.3) is 0 Å². The first kappa shape index (κ1) is 13.2. The molecule has 0 bridgehead atoms. The third-order valence-corrected chi connectivity index (χ3v) is 2.80. The van der Waals surface area contributed by atoms with Gasteiger partial charge in [-0.15, -0.1) is 0 Å². The minimum atomic E-state index is -0.248. The summed E-state index contributed by atoms with van der Waals surface area (Å²) in [5, 5.41) is 18.0. The van der Waals surface area contributed by atoms with E-state index in [1.807, 2.05) is 0 Å². The number of carbonyl (C=O) groups excluding carboxylic acids is 1. The van der Waals surface area contributed by atoms with Crippen LogP contribution in [-0.2, 0) is 6.61 Å². The number of ketones is 1. The second-order valence-corrected chi connectivity index (χ2v) is 4.16. The van der Waals surface area contributed by atoms with E-state index in [1.165, 1.54) is 0 Å². The molecule has 0 aliphatic rings. The lowest BCUT2D eigenvalue weighted by atomic mass is 9.96. The van der Waals surface area contributed by atoms with Gasteiger partial charge < -0.3 is 10.2 Å². The molecule has 0 radical (unpaired) electrons. The summed E-state index contributed by atoms with van der Waals surface area (Å²) in [6, 6.07) is 4.87. The van der Waals surface area contributed by atoms with Gasteiger partial charge in [-0.25, -0.2) is 0 Å². The van der Waals surface area contributed by atoms with Crippen LogP contribution in [0.2, 0.25) is 5.02 Å². The van der Waals surface area contributed by atoms with E-state index >= 15 is 0 Å². The number of hydrogen-bond donors (Lipinski definition) is 2. The molecular weight excluding hydrogens is 228 g/mol. The molecule has 1 aromatic carbocycles. The summed E-state index contributed by atoms with van der Waals surface area (Å²) in [6.45, 7) is 1.65. The topological polar surface area (TPSA) is 57.5 Å². The normalized spacial score (nSPS) is 12.5. The van der Waals surface area contributed by atoms with Gasteiger partial charge >= 0.3 is 0 Å². The highest BCUT2D eigenvalue weighted by Gasteiger charge is 2.17. The van der Waals surface area contributed by atoms with Crippen molar-refractivity contribution in [2.24, 2.45) is 5.92 Å². The van der Waals surface area contributed by atoms with Gasteiger partial charge in [-0.2, -0.15) is 0 Å². The molecule has 1 atom stereocenters. The number of Topliss-reactive ketones (excluding diaryl/α,β-unsaturated/α-hetero) is 1. The molecule has 0 amide bonds. The lowest BCUT2D eigenvalue weighted by Crippen LogP contribution is -2.13. The number of hydrogen-bond acceptors (Lipinski definition) is 3. The maximum absolute atomic E-state index is 11.9. The van der Waals surface area contributed by atoms with Crippen LogP contribution >= 0.6 is 11.6 Å². The van der Waals surface area contributed by atoms with Gasteiger partial charge in [0.1, 0.15) is 0 Å². The number of rotatable bonds is 5. The Hall–Kier alpha value is -0.900. The molecule has 0 saturated heterocycles. The van der Waals surface area contributed by atoms with Gasteiger partial charge in [-0.3, -0.25) is 4.79 Å². The van der Waals surface area contributed by atoms with E-state index in [-0.39, 0.29) is 24.9 Å². The smallest absolute Gasteiger partial charge is 0.167 e. The highest BCUT2D eigenvalue weighted by atomic mass is 35.5. The van der Waals surface area contributed by atoms with Gasteiger partial charge in [-0.05, 0) is 24.1 Å². The number of benzene rings is 1. The minimum absolute atomic E-state index is 0.0146. The van der Waals surface area contributed by atoms with E-state index in [1.54, 1.807) is 25.1 Å². The number of aliphatic hydroxyl groups is 2. The van der Waals surface area contributed by atoms with Gasteiger partial charge in [-0.1, -0.05) is 24.6 Å². The van der Waals surface area contributed by atoms with E-state index in [2.05, 4.69) is 0 Å². The molecule has 1 rings (SSSR count). The van der Waals surface area contributed by atoms with Crippen LogP contribution in [-0.4, -0.2) is 22.6 Å². The van der Waals surface area contributed by atoms with Crippen LogP contribution < -0.4 is 0 Å².